The molecule has 0 spiro atoms. The van der Waals surface area contributed by atoms with E-state index in [1.54, 1.807) is 0 Å². The maximum Gasteiger partial charge on any atom is 0.225 e. The highest BCUT2D eigenvalue weighted by atomic mass is 127. The average Bonchev–Trinajstić information content (AvgIpc) is 2.63. The number of aromatic nitrogens is 1. The predicted octanol–water partition coefficient (Wildman–Crippen LogP) is 2.75. The number of rotatable bonds is 6. The van der Waals surface area contributed by atoms with Crippen molar-refractivity contribution in [3.63, 3.8) is 0 Å². The van der Waals surface area contributed by atoms with Crippen molar-refractivity contribution in [2.45, 2.75) is 53.0 Å². The van der Waals surface area contributed by atoms with Crippen LogP contribution in [0, 0.1) is 12.8 Å². The summed E-state index contributed by atoms with van der Waals surface area (Å²) >= 11 is 0. The minimum absolute atomic E-state index is 0. The fourth-order valence-electron chi connectivity index (χ4n) is 3.19. The number of piperidine rings is 1. The number of aryl methyl sites for hydroxylation is 1. The van der Waals surface area contributed by atoms with Crippen LogP contribution in [0.25, 0.3) is 0 Å². The number of halogens is 1. The molecular formula is C20H34IN5O. The van der Waals surface area contributed by atoms with Gasteiger partial charge in [-0.1, -0.05) is 13.8 Å². The van der Waals surface area contributed by atoms with Gasteiger partial charge in [-0.3, -0.25) is 14.8 Å². The minimum Gasteiger partial charge on any atom is -0.357 e. The van der Waals surface area contributed by atoms with Crippen molar-refractivity contribution in [2.75, 3.05) is 26.2 Å². The molecule has 152 valence electrons. The number of aliphatic imine (C=N–C) groups is 1. The van der Waals surface area contributed by atoms with E-state index in [4.69, 9.17) is 4.99 Å². The number of carbonyl (C=O) groups is 1. The van der Waals surface area contributed by atoms with Crippen LogP contribution in [0.3, 0.4) is 0 Å². The van der Waals surface area contributed by atoms with Crippen molar-refractivity contribution in [3.05, 3.63) is 29.6 Å². The summed E-state index contributed by atoms with van der Waals surface area (Å²) < 4.78 is 0. The van der Waals surface area contributed by atoms with Gasteiger partial charge < -0.3 is 15.5 Å². The first-order chi connectivity index (χ1) is 12.5. The molecule has 2 rings (SSSR count). The van der Waals surface area contributed by atoms with E-state index in [0.29, 0.717) is 6.04 Å². The van der Waals surface area contributed by atoms with Crippen LogP contribution in [-0.4, -0.2) is 54.0 Å². The Kier molecular flexibility index (Phi) is 10.6. The quantitative estimate of drug-likeness (QED) is 0.368. The lowest BCUT2D eigenvalue weighted by Gasteiger charge is -2.34. The Labute approximate surface area is 180 Å². The molecule has 0 atom stereocenters. The Morgan fingerprint density at radius 1 is 1.37 bits per heavy atom. The molecule has 2 heterocycles. The number of hydrogen-bond donors (Lipinski definition) is 2. The molecule has 1 amide bonds. The van der Waals surface area contributed by atoms with Crippen LogP contribution in [0.5, 0.6) is 0 Å². The normalized spacial score (nSPS) is 15.4. The van der Waals surface area contributed by atoms with Gasteiger partial charge in [0.25, 0.3) is 0 Å². The molecule has 1 aliphatic heterocycles. The highest BCUT2D eigenvalue weighted by molar-refractivity contribution is 14.0. The number of nitrogens with one attached hydrogen (secondary N) is 2. The molecule has 1 aromatic heterocycles. The van der Waals surface area contributed by atoms with Gasteiger partial charge in [-0.05, 0) is 50.3 Å². The summed E-state index contributed by atoms with van der Waals surface area (Å²) in [6, 6.07) is 2.43. The Balaban J connectivity index is 0.00000364. The van der Waals surface area contributed by atoms with Gasteiger partial charge in [0, 0.05) is 50.5 Å². The van der Waals surface area contributed by atoms with Crippen LogP contribution in [0.2, 0.25) is 0 Å². The van der Waals surface area contributed by atoms with E-state index in [2.05, 4.69) is 35.5 Å². The van der Waals surface area contributed by atoms with Crippen LogP contribution < -0.4 is 10.6 Å². The van der Waals surface area contributed by atoms with Gasteiger partial charge in [0.05, 0.1) is 0 Å². The molecule has 7 heteroatoms. The number of carbonyl (C=O) groups excluding carboxylic acids is 1. The number of hydrogen-bond acceptors (Lipinski definition) is 3. The molecule has 0 saturated carbocycles. The van der Waals surface area contributed by atoms with E-state index < -0.39 is 0 Å². The van der Waals surface area contributed by atoms with Crippen molar-refractivity contribution in [3.8, 4) is 0 Å². The zero-order chi connectivity index (χ0) is 18.9. The Morgan fingerprint density at radius 2 is 2.07 bits per heavy atom. The monoisotopic (exact) mass is 487 g/mol. The van der Waals surface area contributed by atoms with Crippen LogP contribution >= 0.6 is 24.0 Å². The topological polar surface area (TPSA) is 69.6 Å². The van der Waals surface area contributed by atoms with Gasteiger partial charge in [-0.2, -0.15) is 0 Å². The maximum atomic E-state index is 12.1. The molecule has 1 aliphatic rings. The summed E-state index contributed by atoms with van der Waals surface area (Å²) in [5.74, 6) is 1.21. The van der Waals surface area contributed by atoms with Crippen LogP contribution in [0.4, 0.5) is 0 Å². The molecule has 0 bridgehead atoms. The van der Waals surface area contributed by atoms with E-state index in [1.165, 1.54) is 11.1 Å². The molecule has 0 aliphatic carbocycles. The first-order valence-electron chi connectivity index (χ1n) is 9.74. The molecule has 27 heavy (non-hydrogen) atoms. The van der Waals surface area contributed by atoms with Gasteiger partial charge in [0.15, 0.2) is 5.96 Å². The standard InChI is InChI=1S/C20H33N5O.HI/c1-5-22-20(23-11-7-17-6-10-21-14-16(17)4)24-18-8-12-25(13-9-18)19(26)15(2)3;/h6,10,14-15,18H,5,7-9,11-13H2,1-4H3,(H2,22,23,24);1H. The van der Waals surface area contributed by atoms with Crippen molar-refractivity contribution in [1.29, 1.82) is 0 Å². The van der Waals surface area contributed by atoms with Crippen LogP contribution in [-0.2, 0) is 11.2 Å². The van der Waals surface area contributed by atoms with Gasteiger partial charge >= 0.3 is 0 Å². The van der Waals surface area contributed by atoms with E-state index in [-0.39, 0.29) is 35.8 Å². The maximum absolute atomic E-state index is 12.1. The van der Waals surface area contributed by atoms with E-state index >= 15 is 0 Å². The second-order valence-corrected chi connectivity index (χ2v) is 7.21. The molecule has 1 saturated heterocycles. The van der Waals surface area contributed by atoms with Gasteiger partial charge in [0.1, 0.15) is 0 Å². The highest BCUT2D eigenvalue weighted by Crippen LogP contribution is 2.13. The first kappa shape index (κ1) is 23.7. The smallest absolute Gasteiger partial charge is 0.225 e. The third kappa shape index (κ3) is 7.63. The second kappa shape index (κ2) is 12.2. The summed E-state index contributed by atoms with van der Waals surface area (Å²) in [6.45, 7) is 11.3. The third-order valence-electron chi connectivity index (χ3n) is 4.77. The minimum atomic E-state index is 0. The zero-order valence-corrected chi connectivity index (χ0v) is 19.3. The van der Waals surface area contributed by atoms with E-state index in [1.807, 2.05) is 31.1 Å². The summed E-state index contributed by atoms with van der Waals surface area (Å²) in [6.07, 6.45) is 6.57. The average molecular weight is 487 g/mol. The third-order valence-corrected chi connectivity index (χ3v) is 4.77. The molecule has 0 radical (unpaired) electrons. The van der Waals surface area contributed by atoms with Crippen molar-refractivity contribution >= 4 is 35.8 Å². The van der Waals surface area contributed by atoms with Crippen LogP contribution in [0.1, 0.15) is 44.7 Å². The molecule has 1 fully saturated rings. The summed E-state index contributed by atoms with van der Waals surface area (Å²) in [4.78, 5) is 22.9. The van der Waals surface area contributed by atoms with E-state index in [9.17, 15) is 4.79 Å². The molecule has 6 nitrogen and oxygen atoms in total. The lowest BCUT2D eigenvalue weighted by Crippen LogP contribution is -2.50. The number of likely N-dealkylation sites (tertiary alicyclic amines) is 1. The van der Waals surface area contributed by atoms with Gasteiger partial charge in [-0.15, -0.1) is 24.0 Å². The molecule has 1 aromatic rings. The molecule has 0 unspecified atom stereocenters. The Morgan fingerprint density at radius 3 is 2.67 bits per heavy atom. The highest BCUT2D eigenvalue weighted by Gasteiger charge is 2.24. The second-order valence-electron chi connectivity index (χ2n) is 7.21. The van der Waals surface area contributed by atoms with Gasteiger partial charge in [-0.25, -0.2) is 0 Å². The van der Waals surface area contributed by atoms with Crippen LogP contribution in [0.15, 0.2) is 23.5 Å². The van der Waals surface area contributed by atoms with Gasteiger partial charge in [0.2, 0.25) is 5.91 Å². The Bertz CT molecular complexity index is 612. The lowest BCUT2D eigenvalue weighted by atomic mass is 10.0. The molecule has 0 aromatic carbocycles. The molecular weight excluding hydrogens is 453 g/mol. The van der Waals surface area contributed by atoms with Crippen molar-refractivity contribution in [2.24, 2.45) is 10.9 Å². The van der Waals surface area contributed by atoms with Crippen molar-refractivity contribution < 1.29 is 4.79 Å². The largest absolute Gasteiger partial charge is 0.357 e. The fraction of sp³-hybridized carbons (Fsp3) is 0.650. The fourth-order valence-corrected chi connectivity index (χ4v) is 3.19. The van der Waals surface area contributed by atoms with E-state index in [0.717, 1.165) is 51.4 Å². The number of guanidine groups is 1. The summed E-state index contributed by atoms with van der Waals surface area (Å²) in [5, 5.41) is 6.86. The number of amides is 1. The lowest BCUT2D eigenvalue weighted by molar-refractivity contribution is -0.135. The predicted molar refractivity (Wildman–Crippen MR) is 122 cm³/mol. The molecule has 2 N–H and O–H groups in total. The summed E-state index contributed by atoms with van der Waals surface area (Å²) in [7, 11) is 0. The first-order valence-corrected chi connectivity index (χ1v) is 9.74. The Hall–Kier alpha value is -1.38. The van der Waals surface area contributed by atoms with Crippen molar-refractivity contribution in [1.82, 2.24) is 20.5 Å². The summed E-state index contributed by atoms with van der Waals surface area (Å²) in [5.41, 5.74) is 2.50. The number of nitrogens with zero attached hydrogens (tertiary/aromatic N) is 3. The number of pyridine rings is 1. The zero-order valence-electron chi connectivity index (χ0n) is 17.0. The SMILES string of the molecule is CCNC(=NCCc1ccncc1C)NC1CCN(C(=O)C(C)C)CC1.I.